The molecule has 3 heteroatoms. The van der Waals surface area contributed by atoms with Crippen molar-refractivity contribution in [1.82, 2.24) is 0 Å². The molecule has 0 bridgehead atoms. The summed E-state index contributed by atoms with van der Waals surface area (Å²) in [6.45, 7) is 1.93. The van der Waals surface area contributed by atoms with Crippen LogP contribution in [0.2, 0.25) is 0 Å². The number of methoxy groups -OCH3 is 1. The summed E-state index contributed by atoms with van der Waals surface area (Å²) in [5.74, 6) is 0.957. The van der Waals surface area contributed by atoms with Gasteiger partial charge in [-0.3, -0.25) is 0 Å². The molecule has 94 valence electrons. The molecule has 0 saturated heterocycles. The standard InChI is InChI=1S/C15H17NO2/c1-10(16)11-7-8-15(18-2)13(9-11)12-5-3-4-6-14(12)17/h3-10,17H,16H2,1-2H3. The monoisotopic (exact) mass is 243 g/mol. The number of aromatic hydroxyl groups is 1. The van der Waals surface area contributed by atoms with E-state index in [1.807, 2.05) is 37.3 Å². The van der Waals surface area contributed by atoms with E-state index < -0.39 is 0 Å². The molecule has 0 saturated carbocycles. The highest BCUT2D eigenvalue weighted by molar-refractivity contribution is 5.76. The van der Waals surface area contributed by atoms with E-state index in [4.69, 9.17) is 10.5 Å². The molecule has 1 atom stereocenters. The molecule has 0 aliphatic rings. The summed E-state index contributed by atoms with van der Waals surface area (Å²) in [7, 11) is 1.62. The highest BCUT2D eigenvalue weighted by Crippen LogP contribution is 2.36. The molecule has 0 heterocycles. The lowest BCUT2D eigenvalue weighted by atomic mass is 9.98. The third kappa shape index (κ3) is 2.31. The Labute approximate surface area is 107 Å². The van der Waals surface area contributed by atoms with E-state index in [9.17, 15) is 5.11 Å². The second-order valence-corrected chi connectivity index (χ2v) is 4.27. The Morgan fingerprint density at radius 2 is 1.83 bits per heavy atom. The van der Waals surface area contributed by atoms with Crippen LogP contribution in [0.1, 0.15) is 18.5 Å². The average Bonchev–Trinajstić information content (AvgIpc) is 2.38. The van der Waals surface area contributed by atoms with Crippen molar-refractivity contribution in [3.8, 4) is 22.6 Å². The molecule has 0 aliphatic carbocycles. The Hall–Kier alpha value is -2.00. The summed E-state index contributed by atoms with van der Waals surface area (Å²) in [4.78, 5) is 0. The van der Waals surface area contributed by atoms with Crippen LogP contribution >= 0.6 is 0 Å². The van der Waals surface area contributed by atoms with Crippen LogP contribution < -0.4 is 10.5 Å². The van der Waals surface area contributed by atoms with Gasteiger partial charge < -0.3 is 15.6 Å². The van der Waals surface area contributed by atoms with Crippen LogP contribution in [0.3, 0.4) is 0 Å². The Morgan fingerprint density at radius 1 is 1.11 bits per heavy atom. The van der Waals surface area contributed by atoms with Crippen LogP contribution in [-0.4, -0.2) is 12.2 Å². The highest BCUT2D eigenvalue weighted by Gasteiger charge is 2.11. The lowest BCUT2D eigenvalue weighted by Crippen LogP contribution is -2.05. The lowest BCUT2D eigenvalue weighted by Gasteiger charge is -2.13. The number of para-hydroxylation sites is 1. The minimum atomic E-state index is -0.0551. The highest BCUT2D eigenvalue weighted by atomic mass is 16.5. The quantitative estimate of drug-likeness (QED) is 0.871. The number of benzene rings is 2. The van der Waals surface area contributed by atoms with Crippen LogP contribution in [0.25, 0.3) is 11.1 Å². The van der Waals surface area contributed by atoms with Crippen molar-refractivity contribution in [2.24, 2.45) is 5.73 Å². The SMILES string of the molecule is COc1ccc(C(C)N)cc1-c1ccccc1O. The normalized spacial score (nSPS) is 12.2. The van der Waals surface area contributed by atoms with Gasteiger partial charge in [-0.05, 0) is 30.7 Å². The van der Waals surface area contributed by atoms with Gasteiger partial charge >= 0.3 is 0 Å². The van der Waals surface area contributed by atoms with E-state index in [0.717, 1.165) is 22.4 Å². The molecule has 0 radical (unpaired) electrons. The molecule has 0 fully saturated rings. The lowest BCUT2D eigenvalue weighted by molar-refractivity contribution is 0.415. The van der Waals surface area contributed by atoms with E-state index >= 15 is 0 Å². The summed E-state index contributed by atoms with van der Waals surface area (Å²) in [5, 5.41) is 9.93. The Bertz CT molecular complexity index is 550. The predicted molar refractivity (Wildman–Crippen MR) is 72.7 cm³/mol. The molecule has 2 rings (SSSR count). The zero-order valence-electron chi connectivity index (χ0n) is 10.6. The van der Waals surface area contributed by atoms with E-state index in [1.165, 1.54) is 0 Å². The van der Waals surface area contributed by atoms with Crippen molar-refractivity contribution in [2.45, 2.75) is 13.0 Å². The maximum Gasteiger partial charge on any atom is 0.126 e. The van der Waals surface area contributed by atoms with Gasteiger partial charge in [-0.25, -0.2) is 0 Å². The fourth-order valence-electron chi connectivity index (χ4n) is 1.92. The van der Waals surface area contributed by atoms with Gasteiger partial charge in [0, 0.05) is 17.2 Å². The molecule has 18 heavy (non-hydrogen) atoms. The third-order valence-electron chi connectivity index (χ3n) is 2.94. The number of rotatable bonds is 3. The van der Waals surface area contributed by atoms with Gasteiger partial charge in [0.2, 0.25) is 0 Å². The molecule has 2 aromatic rings. The van der Waals surface area contributed by atoms with Crippen molar-refractivity contribution >= 4 is 0 Å². The average molecular weight is 243 g/mol. The fraction of sp³-hybridized carbons (Fsp3) is 0.200. The molecule has 1 unspecified atom stereocenters. The van der Waals surface area contributed by atoms with Crippen molar-refractivity contribution < 1.29 is 9.84 Å². The number of nitrogens with two attached hydrogens (primary N) is 1. The zero-order chi connectivity index (χ0) is 13.1. The molecular weight excluding hydrogens is 226 g/mol. The molecule has 3 N–H and O–H groups in total. The molecule has 2 aromatic carbocycles. The minimum absolute atomic E-state index is 0.0551. The van der Waals surface area contributed by atoms with Gasteiger partial charge in [0.1, 0.15) is 11.5 Å². The van der Waals surface area contributed by atoms with Crippen molar-refractivity contribution in [3.63, 3.8) is 0 Å². The summed E-state index contributed by atoms with van der Waals surface area (Å²) >= 11 is 0. The minimum Gasteiger partial charge on any atom is -0.507 e. The van der Waals surface area contributed by atoms with Crippen LogP contribution in [0.15, 0.2) is 42.5 Å². The molecule has 0 aliphatic heterocycles. The molecule has 3 nitrogen and oxygen atoms in total. The van der Waals surface area contributed by atoms with Gasteiger partial charge in [0.15, 0.2) is 0 Å². The zero-order valence-corrected chi connectivity index (χ0v) is 10.6. The molecule has 0 aromatic heterocycles. The first-order chi connectivity index (χ1) is 8.63. The van der Waals surface area contributed by atoms with E-state index in [1.54, 1.807) is 19.2 Å². The maximum absolute atomic E-state index is 9.93. The number of hydrogen-bond acceptors (Lipinski definition) is 3. The summed E-state index contributed by atoms with van der Waals surface area (Å²) in [6.07, 6.45) is 0. The largest absolute Gasteiger partial charge is 0.507 e. The Balaban J connectivity index is 2.61. The number of ether oxygens (including phenoxy) is 1. The van der Waals surface area contributed by atoms with Crippen LogP contribution in [0, 0.1) is 0 Å². The topological polar surface area (TPSA) is 55.5 Å². The summed E-state index contributed by atoms with van der Waals surface area (Å²) in [5.41, 5.74) is 8.49. The van der Waals surface area contributed by atoms with E-state index in [0.29, 0.717) is 0 Å². The van der Waals surface area contributed by atoms with Crippen LogP contribution in [-0.2, 0) is 0 Å². The second-order valence-electron chi connectivity index (χ2n) is 4.27. The third-order valence-corrected chi connectivity index (χ3v) is 2.94. The van der Waals surface area contributed by atoms with Crippen molar-refractivity contribution in [3.05, 3.63) is 48.0 Å². The molecule has 0 amide bonds. The van der Waals surface area contributed by atoms with Gasteiger partial charge in [0.25, 0.3) is 0 Å². The van der Waals surface area contributed by atoms with Crippen molar-refractivity contribution in [2.75, 3.05) is 7.11 Å². The summed E-state index contributed by atoms with van der Waals surface area (Å²) < 4.78 is 5.34. The van der Waals surface area contributed by atoms with Crippen molar-refractivity contribution in [1.29, 1.82) is 0 Å². The number of phenols is 1. The van der Waals surface area contributed by atoms with Gasteiger partial charge in [-0.15, -0.1) is 0 Å². The van der Waals surface area contributed by atoms with E-state index in [2.05, 4.69) is 0 Å². The van der Waals surface area contributed by atoms with Crippen LogP contribution in [0.4, 0.5) is 0 Å². The smallest absolute Gasteiger partial charge is 0.126 e. The summed E-state index contributed by atoms with van der Waals surface area (Å²) in [6, 6.07) is 12.9. The van der Waals surface area contributed by atoms with E-state index in [-0.39, 0.29) is 11.8 Å². The van der Waals surface area contributed by atoms with Gasteiger partial charge in [-0.1, -0.05) is 24.3 Å². The Morgan fingerprint density at radius 3 is 2.44 bits per heavy atom. The first kappa shape index (κ1) is 12.5. The molecule has 0 spiro atoms. The van der Waals surface area contributed by atoms with Gasteiger partial charge in [0.05, 0.1) is 7.11 Å². The first-order valence-electron chi connectivity index (χ1n) is 5.85. The number of hydrogen-bond donors (Lipinski definition) is 2. The van der Waals surface area contributed by atoms with Crippen LogP contribution in [0.5, 0.6) is 11.5 Å². The predicted octanol–water partition coefficient (Wildman–Crippen LogP) is 3.09. The molecular formula is C15H17NO2. The fourth-order valence-corrected chi connectivity index (χ4v) is 1.92. The van der Waals surface area contributed by atoms with Gasteiger partial charge in [-0.2, -0.15) is 0 Å². The Kier molecular flexibility index (Phi) is 3.53. The first-order valence-corrected chi connectivity index (χ1v) is 5.85. The number of phenolic OH excluding ortho intramolecular Hbond substituents is 1. The second kappa shape index (κ2) is 5.10. The maximum atomic E-state index is 9.93.